The Balaban J connectivity index is 2.80. The van der Waals surface area contributed by atoms with Crippen LogP contribution < -0.4 is 0 Å². The normalized spacial score (nSPS) is 23.9. The third-order valence-corrected chi connectivity index (χ3v) is 4.59. The first-order chi connectivity index (χ1) is 8.95. The molecule has 0 aromatic heterocycles. The van der Waals surface area contributed by atoms with Crippen molar-refractivity contribution >= 4 is 20.3 Å². The second-order valence-electron chi connectivity index (χ2n) is 5.00. The maximum absolute atomic E-state index is 10.3. The Bertz CT molecular complexity index is 443. The summed E-state index contributed by atoms with van der Waals surface area (Å²) in [7, 11) is -0.746. The monoisotopic (exact) mass is 277 g/mol. The van der Waals surface area contributed by atoms with Crippen molar-refractivity contribution in [3.05, 3.63) is 47.8 Å². The second-order valence-corrected chi connectivity index (χ2v) is 7.54. The Morgan fingerprint density at radius 3 is 2.79 bits per heavy atom. The Morgan fingerprint density at radius 1 is 1.42 bits per heavy atom. The van der Waals surface area contributed by atoms with Gasteiger partial charge in [0, 0.05) is 0 Å². The van der Waals surface area contributed by atoms with E-state index in [0.717, 1.165) is 17.2 Å². The van der Waals surface area contributed by atoms with Crippen LogP contribution in [0.2, 0.25) is 0 Å². The Labute approximate surface area is 118 Å². The first-order valence-electron chi connectivity index (χ1n) is 6.60. The summed E-state index contributed by atoms with van der Waals surface area (Å²) < 4.78 is 5.51. The van der Waals surface area contributed by atoms with Gasteiger partial charge in [0.1, 0.15) is 0 Å². The molecule has 4 heteroatoms. The summed E-state index contributed by atoms with van der Waals surface area (Å²) in [6, 6.07) is 0. The third kappa shape index (κ3) is 5.71. The van der Waals surface area contributed by atoms with Crippen molar-refractivity contribution in [2.45, 2.75) is 27.2 Å². The van der Waals surface area contributed by atoms with Crippen LogP contribution >= 0.6 is 7.72 Å². The van der Waals surface area contributed by atoms with Crippen molar-refractivity contribution in [3.63, 3.8) is 0 Å². The second kappa shape index (κ2) is 7.62. The van der Waals surface area contributed by atoms with Gasteiger partial charge in [0.25, 0.3) is 0 Å². The maximum atomic E-state index is 10.3. The molecular weight excluding hydrogens is 254 g/mol. The van der Waals surface area contributed by atoms with E-state index >= 15 is 0 Å². The number of rotatable bonds is 5. The number of allylic oxidation sites excluding steroid dienone is 8. The molecule has 1 atom stereocenters. The molecule has 0 aromatic carbocycles. The average molecular weight is 277 g/mol. The van der Waals surface area contributed by atoms with Gasteiger partial charge in [-0.3, -0.25) is 0 Å². The molecule has 1 N–H and O–H groups in total. The molecule has 1 heterocycles. The van der Waals surface area contributed by atoms with E-state index in [9.17, 15) is 4.89 Å². The molecule has 0 spiro atoms. The predicted octanol–water partition coefficient (Wildman–Crippen LogP) is 3.90. The fourth-order valence-corrected chi connectivity index (χ4v) is 2.87. The fourth-order valence-electron chi connectivity index (χ4n) is 1.58. The van der Waals surface area contributed by atoms with Crippen molar-refractivity contribution in [2.24, 2.45) is 5.92 Å². The SMILES string of the molecule is C/C=C\C=C/CC1=CC(/C=C\C(C)C)=BO[P+]1(C)O. The molecule has 0 aromatic rings. The first kappa shape index (κ1) is 16.1. The van der Waals surface area contributed by atoms with Crippen LogP contribution in [0.4, 0.5) is 0 Å². The molecular formula is C15H23BO2P+. The van der Waals surface area contributed by atoms with E-state index in [1.165, 1.54) is 0 Å². The van der Waals surface area contributed by atoms with E-state index < -0.39 is 7.72 Å². The molecule has 102 valence electrons. The van der Waals surface area contributed by atoms with Gasteiger partial charge >= 0.3 is 117 Å². The van der Waals surface area contributed by atoms with Crippen LogP contribution in [-0.4, -0.2) is 24.1 Å². The van der Waals surface area contributed by atoms with E-state index in [2.05, 4.69) is 19.9 Å². The summed E-state index contributed by atoms with van der Waals surface area (Å²) in [5.41, 5.74) is 1.01. The van der Waals surface area contributed by atoms with Crippen LogP contribution in [0.5, 0.6) is 0 Å². The molecule has 0 bridgehead atoms. The molecule has 0 radical (unpaired) electrons. The molecule has 1 aliphatic heterocycles. The summed E-state index contributed by atoms with van der Waals surface area (Å²) >= 11 is 0. The van der Waals surface area contributed by atoms with E-state index in [-0.39, 0.29) is 0 Å². The van der Waals surface area contributed by atoms with Gasteiger partial charge in [0.05, 0.1) is 0 Å². The zero-order valence-corrected chi connectivity index (χ0v) is 13.1. The van der Waals surface area contributed by atoms with Crippen molar-refractivity contribution < 1.29 is 9.33 Å². The topological polar surface area (TPSA) is 29.5 Å². The Morgan fingerprint density at radius 2 is 2.16 bits per heavy atom. The number of hydrogen-bond donors (Lipinski definition) is 1. The van der Waals surface area contributed by atoms with Gasteiger partial charge in [-0.15, -0.1) is 0 Å². The van der Waals surface area contributed by atoms with Crippen LogP contribution in [0.3, 0.4) is 0 Å². The van der Waals surface area contributed by atoms with Gasteiger partial charge in [-0.1, -0.05) is 0 Å². The molecule has 19 heavy (non-hydrogen) atoms. The van der Waals surface area contributed by atoms with Gasteiger partial charge in [0.15, 0.2) is 0 Å². The number of hydrogen-bond acceptors (Lipinski definition) is 2. The first-order valence-corrected chi connectivity index (χ1v) is 8.71. The van der Waals surface area contributed by atoms with Gasteiger partial charge in [-0.2, -0.15) is 0 Å². The summed E-state index contributed by atoms with van der Waals surface area (Å²) in [5.74, 6) is 0.504. The molecule has 0 saturated carbocycles. The molecule has 2 nitrogen and oxygen atoms in total. The van der Waals surface area contributed by atoms with Crippen LogP contribution in [-0.2, 0) is 4.44 Å². The molecule has 0 fully saturated rings. The fraction of sp³-hybridized carbons (Fsp3) is 0.400. The van der Waals surface area contributed by atoms with Crippen LogP contribution in [0, 0.1) is 5.92 Å². The van der Waals surface area contributed by atoms with Gasteiger partial charge in [-0.25, -0.2) is 0 Å². The van der Waals surface area contributed by atoms with Crippen LogP contribution in [0.1, 0.15) is 27.2 Å². The Hall–Kier alpha value is -0.915. The molecule has 1 unspecified atom stereocenters. The molecule has 0 amide bonds. The zero-order valence-electron chi connectivity index (χ0n) is 12.2. The van der Waals surface area contributed by atoms with Crippen molar-refractivity contribution in [3.8, 4) is 0 Å². The minimum atomic E-state index is -2.40. The van der Waals surface area contributed by atoms with Crippen molar-refractivity contribution in [2.75, 3.05) is 6.66 Å². The quantitative estimate of drug-likeness (QED) is 0.469. The van der Waals surface area contributed by atoms with Gasteiger partial charge < -0.3 is 0 Å². The summed E-state index contributed by atoms with van der Waals surface area (Å²) in [6.07, 6.45) is 14.9. The molecule has 1 rings (SSSR count). The van der Waals surface area contributed by atoms with Gasteiger partial charge in [-0.05, 0) is 0 Å². The summed E-state index contributed by atoms with van der Waals surface area (Å²) in [6.45, 7) is 8.03. The van der Waals surface area contributed by atoms with E-state index in [0.29, 0.717) is 5.92 Å². The Kier molecular flexibility index (Phi) is 6.47. The molecule has 0 saturated heterocycles. The molecule has 0 aliphatic carbocycles. The van der Waals surface area contributed by atoms with Crippen molar-refractivity contribution in [1.29, 1.82) is 0 Å². The van der Waals surface area contributed by atoms with Crippen LogP contribution in [0.25, 0.3) is 0 Å². The van der Waals surface area contributed by atoms with E-state index in [1.807, 2.05) is 43.4 Å². The van der Waals surface area contributed by atoms with E-state index in [1.54, 1.807) is 13.8 Å². The minimum absolute atomic E-state index is 0.504. The van der Waals surface area contributed by atoms with Crippen molar-refractivity contribution in [1.82, 2.24) is 0 Å². The van der Waals surface area contributed by atoms with Crippen LogP contribution in [0.15, 0.2) is 47.8 Å². The third-order valence-electron chi connectivity index (χ3n) is 2.70. The summed E-state index contributed by atoms with van der Waals surface area (Å²) in [5, 5.41) is 0.971. The predicted molar refractivity (Wildman–Crippen MR) is 87.5 cm³/mol. The standard InChI is InChI=1S/C15H23BO2P/c1-5-6-7-8-9-15-12-14(11-10-13(2)3)16-18-19(15,4)17/h5-8,10-13,17H,9H2,1-4H3/q+1/b6-5-,8-7-,11-10-. The zero-order chi connectivity index (χ0) is 14.3. The molecule has 1 aliphatic rings. The van der Waals surface area contributed by atoms with E-state index in [4.69, 9.17) is 4.44 Å². The van der Waals surface area contributed by atoms with Gasteiger partial charge in [0.2, 0.25) is 0 Å². The average Bonchev–Trinajstić information content (AvgIpc) is 2.34. The summed E-state index contributed by atoms with van der Waals surface area (Å²) in [4.78, 5) is 10.3.